The molecule has 7 heteroatoms. The van der Waals surface area contributed by atoms with E-state index in [-0.39, 0.29) is 17.9 Å². The standard InChI is InChI=1S/C18H21N5O2/c1-12-9-22-16(11-20-12)18(25)23-7-3-4-17(23)14-5-6-19-15(8-14)10-21-13(2)24/h5-6,8-9,11,17H,3-4,7,10H2,1-2H3,(H,21,24)/t17-/m0/s1. The molecule has 0 unspecified atom stereocenters. The van der Waals surface area contributed by atoms with E-state index >= 15 is 0 Å². The minimum Gasteiger partial charge on any atom is -0.351 e. The predicted octanol–water partition coefficient (Wildman–Crippen LogP) is 1.79. The van der Waals surface area contributed by atoms with E-state index in [0.29, 0.717) is 18.8 Å². The van der Waals surface area contributed by atoms with Gasteiger partial charge >= 0.3 is 0 Å². The Morgan fingerprint density at radius 3 is 2.84 bits per heavy atom. The van der Waals surface area contributed by atoms with Crippen molar-refractivity contribution in [2.75, 3.05) is 6.54 Å². The molecule has 130 valence electrons. The van der Waals surface area contributed by atoms with Gasteiger partial charge in [0.15, 0.2) is 0 Å². The van der Waals surface area contributed by atoms with Crippen molar-refractivity contribution in [3.05, 3.63) is 53.4 Å². The molecule has 0 spiro atoms. The maximum Gasteiger partial charge on any atom is 0.274 e. The van der Waals surface area contributed by atoms with Gasteiger partial charge in [-0.3, -0.25) is 19.6 Å². The normalized spacial score (nSPS) is 16.7. The van der Waals surface area contributed by atoms with E-state index in [1.54, 1.807) is 12.4 Å². The van der Waals surface area contributed by atoms with E-state index in [0.717, 1.165) is 29.8 Å². The van der Waals surface area contributed by atoms with Crippen LogP contribution in [0, 0.1) is 6.92 Å². The van der Waals surface area contributed by atoms with Crippen molar-refractivity contribution >= 4 is 11.8 Å². The Labute approximate surface area is 146 Å². The van der Waals surface area contributed by atoms with Crippen LogP contribution in [0.4, 0.5) is 0 Å². The van der Waals surface area contributed by atoms with Gasteiger partial charge in [-0.05, 0) is 37.5 Å². The smallest absolute Gasteiger partial charge is 0.274 e. The average molecular weight is 339 g/mol. The van der Waals surface area contributed by atoms with Gasteiger partial charge in [-0.1, -0.05) is 0 Å². The molecule has 0 aromatic carbocycles. The van der Waals surface area contributed by atoms with Gasteiger partial charge in [0, 0.05) is 25.9 Å². The molecule has 1 aliphatic heterocycles. The summed E-state index contributed by atoms with van der Waals surface area (Å²) in [5, 5.41) is 2.74. The lowest BCUT2D eigenvalue weighted by atomic mass is 10.0. The second-order valence-electron chi connectivity index (χ2n) is 6.19. The Bertz CT molecular complexity index is 775. The second kappa shape index (κ2) is 7.38. The first-order valence-corrected chi connectivity index (χ1v) is 8.33. The van der Waals surface area contributed by atoms with E-state index in [1.807, 2.05) is 24.0 Å². The number of carbonyl (C=O) groups excluding carboxylic acids is 2. The zero-order valence-electron chi connectivity index (χ0n) is 14.4. The fraction of sp³-hybridized carbons (Fsp3) is 0.389. The Balaban J connectivity index is 1.79. The molecule has 0 aliphatic carbocycles. The fourth-order valence-electron chi connectivity index (χ4n) is 3.02. The van der Waals surface area contributed by atoms with Crippen molar-refractivity contribution < 1.29 is 9.59 Å². The van der Waals surface area contributed by atoms with E-state index in [4.69, 9.17) is 0 Å². The number of nitrogens with zero attached hydrogens (tertiary/aromatic N) is 4. The summed E-state index contributed by atoms with van der Waals surface area (Å²) in [6, 6.07) is 3.87. The molecule has 1 saturated heterocycles. The maximum atomic E-state index is 12.8. The maximum absolute atomic E-state index is 12.8. The molecule has 1 atom stereocenters. The van der Waals surface area contributed by atoms with Crippen molar-refractivity contribution in [2.45, 2.75) is 39.3 Å². The Kier molecular flexibility index (Phi) is 5.02. The highest BCUT2D eigenvalue weighted by Gasteiger charge is 2.31. The largest absolute Gasteiger partial charge is 0.351 e. The van der Waals surface area contributed by atoms with E-state index in [1.165, 1.54) is 13.1 Å². The number of nitrogens with one attached hydrogen (secondary N) is 1. The number of pyridine rings is 1. The summed E-state index contributed by atoms with van der Waals surface area (Å²) in [6.45, 7) is 4.40. The van der Waals surface area contributed by atoms with Gasteiger partial charge in [0.2, 0.25) is 5.91 Å². The summed E-state index contributed by atoms with van der Waals surface area (Å²) in [5.74, 6) is -0.196. The number of aromatic nitrogens is 3. The molecule has 7 nitrogen and oxygen atoms in total. The molecule has 2 aromatic rings. The van der Waals surface area contributed by atoms with Crippen molar-refractivity contribution in [3.63, 3.8) is 0 Å². The number of likely N-dealkylation sites (tertiary alicyclic amines) is 1. The van der Waals surface area contributed by atoms with Crippen LogP contribution in [-0.4, -0.2) is 38.2 Å². The van der Waals surface area contributed by atoms with Crippen LogP contribution in [0.1, 0.15) is 53.2 Å². The topological polar surface area (TPSA) is 88.1 Å². The van der Waals surface area contributed by atoms with Gasteiger partial charge in [0.1, 0.15) is 5.69 Å². The first-order valence-electron chi connectivity index (χ1n) is 8.33. The van der Waals surface area contributed by atoms with Crippen LogP contribution in [0.15, 0.2) is 30.7 Å². The van der Waals surface area contributed by atoms with Crippen LogP contribution in [0.5, 0.6) is 0 Å². The first-order chi connectivity index (χ1) is 12.0. The molecule has 1 aliphatic rings. The van der Waals surface area contributed by atoms with Gasteiger partial charge in [-0.25, -0.2) is 4.98 Å². The quantitative estimate of drug-likeness (QED) is 0.917. The van der Waals surface area contributed by atoms with Crippen molar-refractivity contribution in [2.24, 2.45) is 0 Å². The molecule has 1 fully saturated rings. The molecule has 2 amide bonds. The van der Waals surface area contributed by atoms with E-state index in [2.05, 4.69) is 20.3 Å². The van der Waals surface area contributed by atoms with Crippen LogP contribution in [0.2, 0.25) is 0 Å². The van der Waals surface area contributed by atoms with Crippen LogP contribution >= 0.6 is 0 Å². The fourth-order valence-corrected chi connectivity index (χ4v) is 3.02. The Morgan fingerprint density at radius 2 is 2.12 bits per heavy atom. The van der Waals surface area contributed by atoms with E-state index in [9.17, 15) is 9.59 Å². The molecule has 0 bridgehead atoms. The lowest BCUT2D eigenvalue weighted by Gasteiger charge is -2.25. The third-order valence-electron chi connectivity index (χ3n) is 4.26. The summed E-state index contributed by atoms with van der Waals surface area (Å²) < 4.78 is 0. The zero-order valence-corrected chi connectivity index (χ0v) is 14.4. The van der Waals surface area contributed by atoms with Crippen LogP contribution in [0.25, 0.3) is 0 Å². The van der Waals surface area contributed by atoms with E-state index < -0.39 is 0 Å². The molecule has 1 N–H and O–H groups in total. The Morgan fingerprint density at radius 1 is 1.28 bits per heavy atom. The summed E-state index contributed by atoms with van der Waals surface area (Å²) in [6.07, 6.45) is 6.70. The lowest BCUT2D eigenvalue weighted by molar-refractivity contribution is -0.119. The second-order valence-corrected chi connectivity index (χ2v) is 6.19. The highest BCUT2D eigenvalue weighted by atomic mass is 16.2. The number of hydrogen-bond acceptors (Lipinski definition) is 5. The third kappa shape index (κ3) is 3.99. The van der Waals surface area contributed by atoms with Crippen LogP contribution < -0.4 is 5.32 Å². The molecule has 3 rings (SSSR count). The van der Waals surface area contributed by atoms with Crippen LogP contribution in [0.3, 0.4) is 0 Å². The SMILES string of the molecule is CC(=O)NCc1cc([C@@H]2CCCN2C(=O)c2cnc(C)cn2)ccn1. The van der Waals surface area contributed by atoms with Gasteiger partial charge < -0.3 is 10.2 Å². The average Bonchev–Trinajstić information content (AvgIpc) is 3.10. The number of rotatable bonds is 4. The van der Waals surface area contributed by atoms with Crippen molar-refractivity contribution in [1.29, 1.82) is 0 Å². The molecular weight excluding hydrogens is 318 g/mol. The highest BCUT2D eigenvalue weighted by Crippen LogP contribution is 2.32. The molecule has 0 saturated carbocycles. The number of amides is 2. The minimum absolute atomic E-state index is 0.00492. The minimum atomic E-state index is -0.102. The number of carbonyl (C=O) groups is 2. The number of hydrogen-bond donors (Lipinski definition) is 1. The van der Waals surface area contributed by atoms with Crippen molar-refractivity contribution in [1.82, 2.24) is 25.2 Å². The first kappa shape index (κ1) is 17.0. The molecular formula is C18H21N5O2. The predicted molar refractivity (Wildman–Crippen MR) is 91.5 cm³/mol. The molecule has 2 aromatic heterocycles. The van der Waals surface area contributed by atoms with Gasteiger partial charge in [0.25, 0.3) is 5.91 Å². The monoisotopic (exact) mass is 339 g/mol. The van der Waals surface area contributed by atoms with Crippen LogP contribution in [-0.2, 0) is 11.3 Å². The summed E-state index contributed by atoms with van der Waals surface area (Å²) >= 11 is 0. The zero-order chi connectivity index (χ0) is 17.8. The molecule has 25 heavy (non-hydrogen) atoms. The third-order valence-corrected chi connectivity index (χ3v) is 4.26. The van der Waals surface area contributed by atoms with Gasteiger partial charge in [0.05, 0.1) is 30.2 Å². The summed E-state index contributed by atoms with van der Waals surface area (Å²) in [5.41, 5.74) is 2.96. The van der Waals surface area contributed by atoms with Crippen molar-refractivity contribution in [3.8, 4) is 0 Å². The van der Waals surface area contributed by atoms with Gasteiger partial charge in [-0.2, -0.15) is 0 Å². The number of aryl methyl sites for hydroxylation is 1. The summed E-state index contributed by atoms with van der Waals surface area (Å²) in [4.78, 5) is 38.4. The lowest BCUT2D eigenvalue weighted by Crippen LogP contribution is -2.31. The highest BCUT2D eigenvalue weighted by molar-refractivity contribution is 5.92. The summed E-state index contributed by atoms with van der Waals surface area (Å²) in [7, 11) is 0. The molecule has 3 heterocycles. The molecule has 0 radical (unpaired) electrons. The Hall–Kier alpha value is -2.83. The van der Waals surface area contributed by atoms with Gasteiger partial charge in [-0.15, -0.1) is 0 Å².